The molecule has 0 aliphatic rings. The van der Waals surface area contributed by atoms with Crippen molar-refractivity contribution in [2.75, 3.05) is 13.7 Å². The molecule has 17 heavy (non-hydrogen) atoms. The van der Waals surface area contributed by atoms with Crippen molar-refractivity contribution in [1.29, 1.82) is 0 Å². The largest absolute Gasteiger partial charge is 0.384 e. The van der Waals surface area contributed by atoms with Crippen LogP contribution in [0.1, 0.15) is 37.1 Å². The molecule has 0 aromatic heterocycles. The predicted molar refractivity (Wildman–Crippen MR) is 74.5 cm³/mol. The van der Waals surface area contributed by atoms with E-state index in [0.29, 0.717) is 0 Å². The maximum atomic E-state index is 6.36. The van der Waals surface area contributed by atoms with E-state index in [9.17, 15) is 0 Å². The average Bonchev–Trinajstić information content (AvgIpc) is 2.37. The molecule has 0 saturated carbocycles. The molecule has 1 atom stereocenters. The number of allylic oxidation sites excluding steroid dienone is 1. The number of ether oxygens (including phenoxy) is 1. The van der Waals surface area contributed by atoms with E-state index in [1.54, 1.807) is 7.11 Å². The molecule has 0 heterocycles. The fraction of sp³-hybridized carbons (Fsp3) is 0.467. The Bertz CT molecular complexity index is 332. The minimum Gasteiger partial charge on any atom is -0.384 e. The molecule has 0 fully saturated rings. The van der Waals surface area contributed by atoms with Gasteiger partial charge >= 0.3 is 0 Å². The third-order valence-corrected chi connectivity index (χ3v) is 3.24. The SMILES string of the molecule is COCCC=C(C)CCC(Cl)c1ccccc1. The molecule has 2 heteroatoms. The van der Waals surface area contributed by atoms with Gasteiger partial charge in [-0.15, -0.1) is 11.6 Å². The van der Waals surface area contributed by atoms with Crippen LogP contribution in [-0.2, 0) is 4.74 Å². The number of rotatable bonds is 7. The van der Waals surface area contributed by atoms with Gasteiger partial charge in [-0.25, -0.2) is 0 Å². The minimum atomic E-state index is 0.113. The lowest BCUT2D eigenvalue weighted by molar-refractivity contribution is 0.204. The molecule has 0 N–H and O–H groups in total. The third-order valence-electron chi connectivity index (χ3n) is 2.77. The first-order valence-corrected chi connectivity index (χ1v) is 6.51. The van der Waals surface area contributed by atoms with Gasteiger partial charge in [0.25, 0.3) is 0 Å². The molecule has 0 aliphatic carbocycles. The molecule has 0 spiro atoms. The van der Waals surface area contributed by atoms with Gasteiger partial charge < -0.3 is 4.74 Å². The second-order valence-electron chi connectivity index (χ2n) is 4.25. The average molecular weight is 253 g/mol. The summed E-state index contributed by atoms with van der Waals surface area (Å²) >= 11 is 6.36. The molecule has 0 bridgehead atoms. The highest BCUT2D eigenvalue weighted by Gasteiger charge is 2.06. The number of hydrogen-bond donors (Lipinski definition) is 0. The minimum absolute atomic E-state index is 0.113. The second kappa shape index (κ2) is 8.32. The van der Waals surface area contributed by atoms with Gasteiger partial charge in [0.2, 0.25) is 0 Å². The van der Waals surface area contributed by atoms with Gasteiger partial charge in [0.05, 0.1) is 5.38 Å². The van der Waals surface area contributed by atoms with Gasteiger partial charge in [0.15, 0.2) is 0 Å². The molecule has 0 radical (unpaired) electrons. The topological polar surface area (TPSA) is 9.23 Å². The molecule has 0 amide bonds. The fourth-order valence-corrected chi connectivity index (χ4v) is 1.96. The van der Waals surface area contributed by atoms with Gasteiger partial charge in [0, 0.05) is 13.7 Å². The van der Waals surface area contributed by atoms with Crippen molar-refractivity contribution in [3.8, 4) is 0 Å². The lowest BCUT2D eigenvalue weighted by Crippen LogP contribution is -1.92. The van der Waals surface area contributed by atoms with Crippen molar-refractivity contribution in [3.63, 3.8) is 0 Å². The molecule has 1 aromatic rings. The molecule has 0 saturated heterocycles. The zero-order valence-electron chi connectivity index (χ0n) is 10.7. The monoisotopic (exact) mass is 252 g/mol. The summed E-state index contributed by atoms with van der Waals surface area (Å²) in [5.41, 5.74) is 2.60. The van der Waals surface area contributed by atoms with E-state index in [-0.39, 0.29) is 5.38 Å². The van der Waals surface area contributed by atoms with Crippen LogP contribution in [0, 0.1) is 0 Å². The van der Waals surface area contributed by atoms with Gasteiger partial charge in [-0.1, -0.05) is 42.0 Å². The fourth-order valence-electron chi connectivity index (χ4n) is 1.71. The summed E-state index contributed by atoms with van der Waals surface area (Å²) < 4.78 is 5.02. The Morgan fingerprint density at radius 3 is 2.71 bits per heavy atom. The molecule has 1 nitrogen and oxygen atoms in total. The summed E-state index contributed by atoms with van der Waals surface area (Å²) in [7, 11) is 1.73. The molecular weight excluding hydrogens is 232 g/mol. The van der Waals surface area contributed by atoms with E-state index >= 15 is 0 Å². The Morgan fingerprint density at radius 1 is 1.35 bits per heavy atom. The van der Waals surface area contributed by atoms with Crippen LogP contribution in [0.4, 0.5) is 0 Å². The van der Waals surface area contributed by atoms with Gasteiger partial charge in [-0.3, -0.25) is 0 Å². The second-order valence-corrected chi connectivity index (χ2v) is 4.78. The van der Waals surface area contributed by atoms with E-state index in [1.807, 2.05) is 18.2 Å². The van der Waals surface area contributed by atoms with Crippen molar-refractivity contribution in [3.05, 3.63) is 47.5 Å². The normalized spacial score (nSPS) is 13.7. The van der Waals surface area contributed by atoms with Crippen molar-refractivity contribution in [2.24, 2.45) is 0 Å². The Morgan fingerprint density at radius 2 is 2.06 bits per heavy atom. The first-order valence-electron chi connectivity index (χ1n) is 6.07. The van der Waals surface area contributed by atoms with Crippen molar-refractivity contribution >= 4 is 11.6 Å². The third kappa shape index (κ3) is 5.90. The quantitative estimate of drug-likeness (QED) is 0.387. The van der Waals surface area contributed by atoms with Crippen LogP contribution in [0.15, 0.2) is 42.0 Å². The van der Waals surface area contributed by atoms with Gasteiger partial charge in [0.1, 0.15) is 0 Å². The summed E-state index contributed by atoms with van der Waals surface area (Å²) in [6.07, 6.45) is 5.26. The zero-order chi connectivity index (χ0) is 12.5. The van der Waals surface area contributed by atoms with Crippen LogP contribution >= 0.6 is 11.6 Å². The van der Waals surface area contributed by atoms with Crippen molar-refractivity contribution < 1.29 is 4.74 Å². The Labute approximate surface area is 109 Å². The summed E-state index contributed by atoms with van der Waals surface area (Å²) in [5, 5.41) is 0.113. The Balaban J connectivity index is 2.33. The summed E-state index contributed by atoms with van der Waals surface area (Å²) in [4.78, 5) is 0. The zero-order valence-corrected chi connectivity index (χ0v) is 11.4. The van der Waals surface area contributed by atoms with Crippen LogP contribution in [0.2, 0.25) is 0 Å². The highest BCUT2D eigenvalue weighted by Crippen LogP contribution is 2.26. The molecule has 94 valence electrons. The van der Waals surface area contributed by atoms with Crippen molar-refractivity contribution in [2.45, 2.75) is 31.6 Å². The number of benzene rings is 1. The highest BCUT2D eigenvalue weighted by atomic mass is 35.5. The van der Waals surface area contributed by atoms with Gasteiger partial charge in [-0.2, -0.15) is 0 Å². The lowest BCUT2D eigenvalue weighted by atomic mass is 10.0. The summed E-state index contributed by atoms with van der Waals surface area (Å²) in [6, 6.07) is 10.3. The highest BCUT2D eigenvalue weighted by molar-refractivity contribution is 6.20. The molecular formula is C15H21ClO. The standard InChI is InChI=1S/C15H21ClO/c1-13(7-6-12-17-2)10-11-15(16)14-8-4-3-5-9-14/h3-5,7-9,15H,6,10-12H2,1-2H3. The maximum absolute atomic E-state index is 6.36. The van der Waals surface area contributed by atoms with Crippen LogP contribution in [-0.4, -0.2) is 13.7 Å². The number of halogens is 1. The van der Waals surface area contributed by atoms with Crippen LogP contribution in [0.3, 0.4) is 0 Å². The molecule has 0 aliphatic heterocycles. The first kappa shape index (κ1) is 14.3. The predicted octanol–water partition coefficient (Wildman–Crippen LogP) is 4.73. The Kier molecular flexibility index (Phi) is 6.99. The van der Waals surface area contributed by atoms with Crippen LogP contribution < -0.4 is 0 Å². The molecule has 1 rings (SSSR count). The maximum Gasteiger partial charge on any atom is 0.0588 e. The Hall–Kier alpha value is -0.790. The summed E-state index contributed by atoms with van der Waals surface area (Å²) in [5.74, 6) is 0. The van der Waals surface area contributed by atoms with Crippen molar-refractivity contribution in [1.82, 2.24) is 0 Å². The smallest absolute Gasteiger partial charge is 0.0588 e. The number of methoxy groups -OCH3 is 1. The first-order chi connectivity index (χ1) is 8.24. The number of hydrogen-bond acceptors (Lipinski definition) is 1. The molecule has 1 unspecified atom stereocenters. The van der Waals surface area contributed by atoms with E-state index in [2.05, 4.69) is 25.1 Å². The van der Waals surface area contributed by atoms with Gasteiger partial charge in [-0.05, 0) is 31.7 Å². The van der Waals surface area contributed by atoms with E-state index in [4.69, 9.17) is 16.3 Å². The summed E-state index contributed by atoms with van der Waals surface area (Å²) in [6.45, 7) is 2.95. The van der Waals surface area contributed by atoms with E-state index in [0.717, 1.165) is 25.9 Å². The van der Waals surface area contributed by atoms with Crippen LogP contribution in [0.25, 0.3) is 0 Å². The molecule has 1 aromatic carbocycles. The van der Waals surface area contributed by atoms with E-state index in [1.165, 1.54) is 11.1 Å². The van der Waals surface area contributed by atoms with E-state index < -0.39 is 0 Å². The van der Waals surface area contributed by atoms with Crippen LogP contribution in [0.5, 0.6) is 0 Å². The number of alkyl halides is 1. The lowest BCUT2D eigenvalue weighted by Gasteiger charge is -2.09.